The normalized spacial score (nSPS) is 17.3. The zero-order valence-corrected chi connectivity index (χ0v) is 13.8. The van der Waals surface area contributed by atoms with E-state index in [-0.39, 0.29) is 35.5 Å². The molecule has 1 fully saturated rings. The van der Waals surface area contributed by atoms with E-state index in [1.54, 1.807) is 30.3 Å². The maximum absolute atomic E-state index is 12.1. The van der Waals surface area contributed by atoms with Gasteiger partial charge in [0, 0.05) is 19.8 Å². The Hall–Kier alpha value is -1.15. The number of halogens is 1. The molecule has 1 aromatic rings. The summed E-state index contributed by atoms with van der Waals surface area (Å²) in [6.45, 7) is 0.953. The lowest BCUT2D eigenvalue weighted by Crippen LogP contribution is -2.57. The maximum Gasteiger partial charge on any atom is 0.240 e. The number of benzene rings is 1. The summed E-state index contributed by atoms with van der Waals surface area (Å²) in [4.78, 5) is 12.3. The third-order valence-electron chi connectivity index (χ3n) is 3.60. The van der Waals surface area contributed by atoms with E-state index < -0.39 is 15.4 Å². The van der Waals surface area contributed by atoms with E-state index in [4.69, 9.17) is 10.5 Å². The van der Waals surface area contributed by atoms with Gasteiger partial charge in [0.25, 0.3) is 0 Å². The molecule has 1 heterocycles. The molecule has 1 amide bonds. The molecule has 22 heavy (non-hydrogen) atoms. The molecule has 0 unspecified atom stereocenters. The van der Waals surface area contributed by atoms with Crippen LogP contribution >= 0.6 is 12.4 Å². The fourth-order valence-electron chi connectivity index (χ4n) is 2.18. The fourth-order valence-corrected chi connectivity index (χ4v) is 3.36. The molecule has 0 aliphatic carbocycles. The van der Waals surface area contributed by atoms with E-state index in [2.05, 4.69) is 5.32 Å². The van der Waals surface area contributed by atoms with Crippen LogP contribution in [0.3, 0.4) is 0 Å². The van der Waals surface area contributed by atoms with E-state index in [9.17, 15) is 13.2 Å². The summed E-state index contributed by atoms with van der Waals surface area (Å²) in [6.07, 6.45) is 0.897. The van der Waals surface area contributed by atoms with Gasteiger partial charge in [0.15, 0.2) is 9.84 Å². The molecule has 124 valence electrons. The molecule has 0 spiro atoms. The van der Waals surface area contributed by atoms with Gasteiger partial charge >= 0.3 is 0 Å². The van der Waals surface area contributed by atoms with Crippen molar-refractivity contribution in [2.24, 2.45) is 5.73 Å². The molecule has 6 nitrogen and oxygen atoms in total. The van der Waals surface area contributed by atoms with Crippen LogP contribution in [0.25, 0.3) is 0 Å². The zero-order valence-electron chi connectivity index (χ0n) is 12.2. The van der Waals surface area contributed by atoms with Gasteiger partial charge in [0.1, 0.15) is 0 Å². The van der Waals surface area contributed by atoms with Gasteiger partial charge in [-0.1, -0.05) is 18.2 Å². The van der Waals surface area contributed by atoms with Crippen molar-refractivity contribution in [3.63, 3.8) is 0 Å². The molecule has 3 N–H and O–H groups in total. The van der Waals surface area contributed by atoms with Crippen molar-refractivity contribution in [3.05, 3.63) is 30.3 Å². The van der Waals surface area contributed by atoms with Crippen molar-refractivity contribution < 1.29 is 17.9 Å². The predicted octanol–water partition coefficient (Wildman–Crippen LogP) is 0.506. The molecular formula is C14H21ClN2O4S. The van der Waals surface area contributed by atoms with Crippen LogP contribution in [0.4, 0.5) is 0 Å². The Morgan fingerprint density at radius 2 is 1.82 bits per heavy atom. The van der Waals surface area contributed by atoms with E-state index in [0.717, 1.165) is 0 Å². The molecule has 1 saturated heterocycles. The van der Waals surface area contributed by atoms with Crippen LogP contribution in [-0.2, 0) is 19.4 Å². The van der Waals surface area contributed by atoms with Crippen LogP contribution in [0.2, 0.25) is 0 Å². The summed E-state index contributed by atoms with van der Waals surface area (Å²) < 4.78 is 29.3. The van der Waals surface area contributed by atoms with Crippen LogP contribution < -0.4 is 11.1 Å². The smallest absolute Gasteiger partial charge is 0.240 e. The minimum absolute atomic E-state index is 0. The highest BCUT2D eigenvalue weighted by molar-refractivity contribution is 7.91. The van der Waals surface area contributed by atoms with Gasteiger partial charge in [-0.3, -0.25) is 4.79 Å². The number of ether oxygens (including phenoxy) is 1. The second-order valence-electron chi connectivity index (χ2n) is 5.16. The van der Waals surface area contributed by atoms with Crippen LogP contribution in [0.5, 0.6) is 0 Å². The van der Waals surface area contributed by atoms with Crippen molar-refractivity contribution in [1.29, 1.82) is 0 Å². The summed E-state index contributed by atoms with van der Waals surface area (Å²) in [5, 5.41) is 2.62. The van der Waals surface area contributed by atoms with Crippen LogP contribution in [0, 0.1) is 0 Å². The first-order valence-corrected chi connectivity index (χ1v) is 8.52. The lowest BCUT2D eigenvalue weighted by atomic mass is 9.90. The van der Waals surface area contributed by atoms with Crippen molar-refractivity contribution >= 4 is 28.2 Å². The van der Waals surface area contributed by atoms with Crippen molar-refractivity contribution in [2.75, 3.05) is 25.5 Å². The predicted molar refractivity (Wildman–Crippen MR) is 85.7 cm³/mol. The van der Waals surface area contributed by atoms with E-state index >= 15 is 0 Å². The Bertz CT molecular complexity index is 586. The Morgan fingerprint density at radius 1 is 1.23 bits per heavy atom. The standard InChI is InChI=1S/C14H20N2O4S.ClH/c15-14(6-9-20-10-7-14)13(17)16-8-11-21(18,19)12-4-2-1-3-5-12;/h1-5H,6-11,15H2,(H,16,17);1H. The van der Waals surface area contributed by atoms with Crippen LogP contribution in [-0.4, -0.2) is 45.4 Å². The first kappa shape index (κ1) is 18.9. The monoisotopic (exact) mass is 348 g/mol. The summed E-state index contributed by atoms with van der Waals surface area (Å²) >= 11 is 0. The lowest BCUT2D eigenvalue weighted by molar-refractivity contribution is -0.129. The van der Waals surface area contributed by atoms with Crippen molar-refractivity contribution in [1.82, 2.24) is 5.32 Å². The molecule has 0 saturated carbocycles. The number of carbonyl (C=O) groups is 1. The largest absolute Gasteiger partial charge is 0.381 e. The first-order valence-electron chi connectivity index (χ1n) is 6.87. The second-order valence-corrected chi connectivity index (χ2v) is 7.27. The molecule has 1 aliphatic rings. The number of rotatable bonds is 5. The highest BCUT2D eigenvalue weighted by Crippen LogP contribution is 2.17. The fraction of sp³-hybridized carbons (Fsp3) is 0.500. The third kappa shape index (κ3) is 4.67. The van der Waals surface area contributed by atoms with Gasteiger partial charge in [-0.2, -0.15) is 0 Å². The SMILES string of the molecule is Cl.NC1(C(=O)NCCS(=O)(=O)c2ccccc2)CCOCC1. The number of hydrogen-bond donors (Lipinski definition) is 2. The van der Waals surface area contributed by atoms with Gasteiger partial charge in [-0.25, -0.2) is 8.42 Å². The zero-order chi connectivity index (χ0) is 15.3. The quantitative estimate of drug-likeness (QED) is 0.807. The molecule has 8 heteroatoms. The average molecular weight is 349 g/mol. The third-order valence-corrected chi connectivity index (χ3v) is 5.33. The number of nitrogens with two attached hydrogens (primary N) is 1. The highest BCUT2D eigenvalue weighted by Gasteiger charge is 2.35. The number of hydrogen-bond acceptors (Lipinski definition) is 5. The lowest BCUT2D eigenvalue weighted by Gasteiger charge is -2.31. The summed E-state index contributed by atoms with van der Waals surface area (Å²) in [5.41, 5.74) is 5.07. The van der Waals surface area contributed by atoms with Gasteiger partial charge in [0.2, 0.25) is 5.91 Å². The Balaban J connectivity index is 0.00000242. The van der Waals surface area contributed by atoms with Crippen molar-refractivity contribution in [2.45, 2.75) is 23.3 Å². The Morgan fingerprint density at radius 3 is 2.41 bits per heavy atom. The molecule has 0 aromatic heterocycles. The molecule has 1 aliphatic heterocycles. The number of nitrogens with one attached hydrogen (secondary N) is 1. The minimum Gasteiger partial charge on any atom is -0.381 e. The number of carbonyl (C=O) groups excluding carboxylic acids is 1. The molecule has 0 radical (unpaired) electrons. The van der Waals surface area contributed by atoms with Gasteiger partial charge < -0.3 is 15.8 Å². The van der Waals surface area contributed by atoms with Gasteiger partial charge in [0.05, 0.1) is 16.2 Å². The van der Waals surface area contributed by atoms with Crippen molar-refractivity contribution in [3.8, 4) is 0 Å². The van der Waals surface area contributed by atoms with Gasteiger partial charge in [-0.05, 0) is 25.0 Å². The minimum atomic E-state index is -3.39. The molecule has 2 rings (SSSR count). The number of amides is 1. The van der Waals surface area contributed by atoms with Crippen LogP contribution in [0.1, 0.15) is 12.8 Å². The summed E-state index contributed by atoms with van der Waals surface area (Å²) in [6, 6.07) is 8.18. The molecule has 0 atom stereocenters. The van der Waals surface area contributed by atoms with Crippen LogP contribution in [0.15, 0.2) is 35.2 Å². The number of sulfone groups is 1. The van der Waals surface area contributed by atoms with E-state index in [0.29, 0.717) is 26.1 Å². The Labute approximate surface area is 136 Å². The second kappa shape index (κ2) is 7.92. The maximum atomic E-state index is 12.1. The summed E-state index contributed by atoms with van der Waals surface area (Å²) in [7, 11) is -3.39. The molecular weight excluding hydrogens is 328 g/mol. The average Bonchev–Trinajstić information content (AvgIpc) is 2.48. The molecule has 0 bridgehead atoms. The first-order chi connectivity index (χ1) is 9.94. The van der Waals surface area contributed by atoms with E-state index in [1.807, 2.05) is 0 Å². The van der Waals surface area contributed by atoms with E-state index in [1.165, 1.54) is 0 Å². The molecule has 1 aromatic carbocycles. The van der Waals surface area contributed by atoms with Gasteiger partial charge in [-0.15, -0.1) is 12.4 Å². The Kier molecular flexibility index (Phi) is 6.80. The summed E-state index contributed by atoms with van der Waals surface area (Å²) in [5.74, 6) is -0.455. The highest BCUT2D eigenvalue weighted by atomic mass is 35.5. The topological polar surface area (TPSA) is 98.5 Å².